The van der Waals surface area contributed by atoms with E-state index in [-0.39, 0.29) is 10.4 Å². The largest absolute Gasteiger partial charge is 0.460 e. The summed E-state index contributed by atoms with van der Waals surface area (Å²) in [6.45, 7) is 4.56. The van der Waals surface area contributed by atoms with Crippen LogP contribution in [0.3, 0.4) is 0 Å². The molecule has 0 spiro atoms. The Morgan fingerprint density at radius 2 is 1.93 bits per heavy atom. The van der Waals surface area contributed by atoms with Crippen molar-refractivity contribution in [2.45, 2.75) is 38.6 Å². The van der Waals surface area contributed by atoms with Crippen LogP contribution in [0.1, 0.15) is 40.9 Å². The molecule has 1 aliphatic rings. The number of likely N-dealkylation sites (tertiary alicyclic amines) is 1. The number of aliphatic hydroxyl groups is 1. The highest BCUT2D eigenvalue weighted by molar-refractivity contribution is 6.05. The number of fused-ring (bicyclic) bond motifs is 1. The van der Waals surface area contributed by atoms with Crippen molar-refractivity contribution in [2.75, 3.05) is 40.3 Å². The summed E-state index contributed by atoms with van der Waals surface area (Å²) in [6, 6.07) is 4.95. The Bertz CT molecular complexity index is 897. The van der Waals surface area contributed by atoms with Crippen LogP contribution in [0.25, 0.3) is 11.0 Å². The third-order valence-corrected chi connectivity index (χ3v) is 6.11. The molecule has 0 aliphatic carbocycles. The first kappa shape index (κ1) is 21.5. The summed E-state index contributed by atoms with van der Waals surface area (Å²) in [5.41, 5.74) is 7.66. The fourth-order valence-electron chi connectivity index (χ4n) is 4.20. The Balaban J connectivity index is 1.90. The van der Waals surface area contributed by atoms with Gasteiger partial charge in [0.05, 0.1) is 14.1 Å². The lowest BCUT2D eigenvalue weighted by Crippen LogP contribution is -2.60. The molecular formula is C22H32N3O4+. The Morgan fingerprint density at radius 1 is 1.24 bits per heavy atom. The molecule has 0 bridgehead atoms. The van der Waals surface area contributed by atoms with Gasteiger partial charge in [-0.15, -0.1) is 0 Å². The Morgan fingerprint density at radius 3 is 2.55 bits per heavy atom. The molecular weight excluding hydrogens is 370 g/mol. The van der Waals surface area contributed by atoms with Crippen molar-refractivity contribution in [1.29, 1.82) is 0 Å². The predicted molar refractivity (Wildman–Crippen MR) is 111 cm³/mol. The zero-order valence-electron chi connectivity index (χ0n) is 17.6. The number of aliphatic hydroxyl groups excluding tert-OH is 1. The minimum atomic E-state index is -1.02. The number of nitrogens with two attached hydrogens (primary N) is 1. The highest BCUT2D eigenvalue weighted by Crippen LogP contribution is 2.30. The highest BCUT2D eigenvalue weighted by Gasteiger charge is 2.42. The van der Waals surface area contributed by atoms with Gasteiger partial charge < -0.3 is 20.2 Å². The van der Waals surface area contributed by atoms with E-state index in [0.717, 1.165) is 37.0 Å². The monoisotopic (exact) mass is 402 g/mol. The third-order valence-electron chi connectivity index (χ3n) is 6.11. The number of carbonyl (C=O) groups excluding carboxylic acids is 2. The number of hydrogen-bond donors (Lipinski definition) is 2. The van der Waals surface area contributed by atoms with Crippen molar-refractivity contribution in [3.8, 4) is 0 Å². The minimum Gasteiger partial charge on any atom is -0.460 e. The fourth-order valence-corrected chi connectivity index (χ4v) is 4.20. The Hall–Kier alpha value is -2.22. The smallest absolute Gasteiger partial charge is 0.350 e. The van der Waals surface area contributed by atoms with Gasteiger partial charge in [-0.05, 0) is 57.0 Å². The normalized spacial score (nSPS) is 16.8. The zero-order chi connectivity index (χ0) is 21.2. The van der Waals surface area contributed by atoms with Gasteiger partial charge >= 0.3 is 5.91 Å². The van der Waals surface area contributed by atoms with E-state index in [1.807, 2.05) is 18.2 Å². The standard InChI is InChI=1S/C22H31N3O4/c1-15-20(22(28)25(2,3)18(14-26)21(23)27)17-13-16(7-8-19(17)29-15)9-12-24-10-5-4-6-11-24/h7-8,13,18,26H,4-6,9-12,14H2,1-3H3,(H-,23,27)/p+1. The number of carbonyl (C=O) groups is 2. The van der Waals surface area contributed by atoms with Crippen molar-refractivity contribution in [1.82, 2.24) is 4.90 Å². The van der Waals surface area contributed by atoms with Gasteiger partial charge in [0.15, 0.2) is 6.04 Å². The molecule has 1 fully saturated rings. The zero-order valence-corrected chi connectivity index (χ0v) is 17.6. The molecule has 3 rings (SSSR count). The van der Waals surface area contributed by atoms with Gasteiger partial charge in [0.1, 0.15) is 23.5 Å². The van der Waals surface area contributed by atoms with E-state index in [2.05, 4.69) is 4.90 Å². The van der Waals surface area contributed by atoms with Crippen molar-refractivity contribution in [3.63, 3.8) is 0 Å². The number of aryl methyl sites for hydroxylation is 1. The quantitative estimate of drug-likeness (QED) is 0.689. The van der Waals surface area contributed by atoms with Gasteiger partial charge in [0, 0.05) is 11.9 Å². The van der Waals surface area contributed by atoms with Gasteiger partial charge in [-0.25, -0.2) is 9.28 Å². The van der Waals surface area contributed by atoms with E-state index >= 15 is 0 Å². The molecule has 2 amide bonds. The maximum Gasteiger partial charge on any atom is 0.350 e. The summed E-state index contributed by atoms with van der Waals surface area (Å²) in [7, 11) is 3.18. The summed E-state index contributed by atoms with van der Waals surface area (Å²) in [5, 5.41) is 10.3. The van der Waals surface area contributed by atoms with Crippen molar-refractivity contribution >= 4 is 22.8 Å². The molecule has 2 heterocycles. The van der Waals surface area contributed by atoms with Crippen LogP contribution in [-0.2, 0) is 11.2 Å². The van der Waals surface area contributed by atoms with Crippen LogP contribution in [-0.4, -0.2) is 72.7 Å². The van der Waals surface area contributed by atoms with Crippen LogP contribution >= 0.6 is 0 Å². The molecule has 1 aromatic heterocycles. The second-order valence-corrected chi connectivity index (χ2v) is 8.46. The molecule has 1 atom stereocenters. The van der Waals surface area contributed by atoms with E-state index in [0.29, 0.717) is 16.9 Å². The Labute approximate surface area is 171 Å². The van der Waals surface area contributed by atoms with Crippen LogP contribution < -0.4 is 5.73 Å². The van der Waals surface area contributed by atoms with Crippen LogP contribution in [0.5, 0.6) is 0 Å². The maximum absolute atomic E-state index is 13.4. The minimum absolute atomic E-state index is 0.299. The number of quaternary nitrogens is 1. The number of furan rings is 1. The molecule has 158 valence electrons. The highest BCUT2D eigenvalue weighted by atomic mass is 16.3. The summed E-state index contributed by atoms with van der Waals surface area (Å²) < 4.78 is 5.46. The second-order valence-electron chi connectivity index (χ2n) is 8.46. The molecule has 7 heteroatoms. The molecule has 7 nitrogen and oxygen atoms in total. The summed E-state index contributed by atoms with van der Waals surface area (Å²) >= 11 is 0. The summed E-state index contributed by atoms with van der Waals surface area (Å²) in [6.07, 6.45) is 4.75. The van der Waals surface area contributed by atoms with E-state index in [1.54, 1.807) is 21.0 Å². The summed E-state index contributed by atoms with van der Waals surface area (Å²) in [4.78, 5) is 27.6. The van der Waals surface area contributed by atoms with Crippen LogP contribution in [0, 0.1) is 6.92 Å². The number of piperidine rings is 1. The molecule has 1 aliphatic heterocycles. The number of benzene rings is 1. The van der Waals surface area contributed by atoms with Gasteiger partial charge in [0.25, 0.3) is 5.91 Å². The first-order valence-electron chi connectivity index (χ1n) is 10.3. The average Bonchev–Trinajstić information content (AvgIpc) is 3.01. The van der Waals surface area contributed by atoms with Gasteiger partial charge in [-0.2, -0.15) is 0 Å². The van der Waals surface area contributed by atoms with E-state index < -0.39 is 18.6 Å². The molecule has 29 heavy (non-hydrogen) atoms. The first-order chi connectivity index (χ1) is 13.8. The fraction of sp³-hybridized carbons (Fsp3) is 0.545. The topological polar surface area (TPSA) is 96.8 Å². The Kier molecular flexibility index (Phi) is 6.41. The molecule has 2 aromatic rings. The van der Waals surface area contributed by atoms with Crippen LogP contribution in [0.4, 0.5) is 0 Å². The lowest BCUT2D eigenvalue weighted by Gasteiger charge is -2.32. The number of hydrogen-bond acceptors (Lipinski definition) is 5. The molecule has 1 aromatic carbocycles. The molecule has 0 radical (unpaired) electrons. The summed E-state index contributed by atoms with van der Waals surface area (Å²) in [5.74, 6) is -0.503. The van der Waals surface area contributed by atoms with Crippen molar-refractivity contribution < 1.29 is 23.6 Å². The van der Waals surface area contributed by atoms with Crippen LogP contribution in [0.15, 0.2) is 22.6 Å². The van der Waals surface area contributed by atoms with Crippen molar-refractivity contribution in [2.24, 2.45) is 5.73 Å². The number of primary amides is 1. The molecule has 1 unspecified atom stereocenters. The molecule has 1 saturated heterocycles. The van der Waals surface area contributed by atoms with Gasteiger partial charge in [-0.3, -0.25) is 4.79 Å². The van der Waals surface area contributed by atoms with Crippen molar-refractivity contribution in [3.05, 3.63) is 35.1 Å². The number of likely N-dealkylation sites (N-methyl/N-ethyl adjacent to an activating group) is 1. The van der Waals surface area contributed by atoms with E-state index in [1.165, 1.54) is 19.3 Å². The third kappa shape index (κ3) is 4.37. The van der Waals surface area contributed by atoms with Gasteiger partial charge in [0.2, 0.25) is 0 Å². The SMILES string of the molecule is Cc1oc2ccc(CCN3CCCCC3)cc2c1C(=O)[N+](C)(C)C(CO)C(N)=O. The molecule has 0 saturated carbocycles. The lowest BCUT2D eigenvalue weighted by atomic mass is 10.0. The molecule has 3 N–H and O–H groups in total. The lowest BCUT2D eigenvalue weighted by molar-refractivity contribution is -0.825. The second kappa shape index (κ2) is 8.65. The van der Waals surface area contributed by atoms with E-state index in [4.69, 9.17) is 10.2 Å². The number of nitrogens with zero attached hydrogens (tertiary/aromatic N) is 2. The number of amides is 2. The van der Waals surface area contributed by atoms with Gasteiger partial charge in [-0.1, -0.05) is 12.5 Å². The predicted octanol–water partition coefficient (Wildman–Crippen LogP) is 1.83. The first-order valence-corrected chi connectivity index (χ1v) is 10.3. The van der Waals surface area contributed by atoms with Crippen LogP contribution in [0.2, 0.25) is 0 Å². The van der Waals surface area contributed by atoms with E-state index in [9.17, 15) is 14.7 Å². The average molecular weight is 403 g/mol. The number of rotatable bonds is 7. The maximum atomic E-state index is 13.4.